The van der Waals surface area contributed by atoms with Crippen molar-refractivity contribution < 1.29 is 9.53 Å². The van der Waals surface area contributed by atoms with Gasteiger partial charge in [-0.15, -0.1) is 0 Å². The average Bonchev–Trinajstić information content (AvgIpc) is 3.13. The fraction of sp³-hybridized carbons (Fsp3) is 0.765. The van der Waals surface area contributed by atoms with Crippen LogP contribution >= 0.6 is 0 Å². The van der Waals surface area contributed by atoms with E-state index in [4.69, 9.17) is 4.74 Å². The molecule has 2 rings (SSSR count). The van der Waals surface area contributed by atoms with Crippen LogP contribution in [0.25, 0.3) is 0 Å². The minimum atomic E-state index is 0.110. The molecule has 0 spiro atoms. The number of aryl methyl sites for hydroxylation is 1. The first-order valence-electron chi connectivity index (χ1n) is 8.51. The Morgan fingerprint density at radius 2 is 2.23 bits per heavy atom. The molecule has 1 atom stereocenters. The number of hydrogen-bond donors (Lipinski definition) is 0. The zero-order valence-electron chi connectivity index (χ0n) is 14.3. The van der Waals surface area contributed by atoms with Gasteiger partial charge in [-0.3, -0.25) is 9.48 Å². The van der Waals surface area contributed by atoms with Gasteiger partial charge in [0.15, 0.2) is 0 Å². The summed E-state index contributed by atoms with van der Waals surface area (Å²) < 4.78 is 7.46. The molecular formula is C17H29N3O2. The number of carbonyl (C=O) groups excluding carboxylic acids is 1. The Morgan fingerprint density at radius 1 is 1.45 bits per heavy atom. The lowest BCUT2D eigenvalue weighted by Crippen LogP contribution is -2.31. The van der Waals surface area contributed by atoms with Crippen LogP contribution in [0, 0.1) is 5.92 Å². The molecule has 1 amide bonds. The maximum atomic E-state index is 12.8. The number of hydrogen-bond acceptors (Lipinski definition) is 3. The molecule has 0 saturated carbocycles. The standard InChI is InChI=1S/C17H29N3O2/c1-5-9-22-12-14-7-8-19(11-14)17(21)16-10-15(13(3)4)18-20(16)6-2/h10,13-14H,5-9,11-12H2,1-4H3/t14-/m0/s1. The first kappa shape index (κ1) is 17.0. The topological polar surface area (TPSA) is 47.4 Å². The summed E-state index contributed by atoms with van der Waals surface area (Å²) in [6, 6.07) is 1.96. The van der Waals surface area contributed by atoms with Crippen LogP contribution in [-0.2, 0) is 11.3 Å². The molecule has 1 aromatic heterocycles. The van der Waals surface area contributed by atoms with Crippen molar-refractivity contribution in [3.8, 4) is 0 Å². The number of amides is 1. The maximum absolute atomic E-state index is 12.8. The van der Waals surface area contributed by atoms with Crippen LogP contribution < -0.4 is 0 Å². The molecule has 124 valence electrons. The van der Waals surface area contributed by atoms with E-state index in [9.17, 15) is 4.79 Å². The second-order valence-electron chi connectivity index (χ2n) is 6.41. The predicted molar refractivity (Wildman–Crippen MR) is 87.1 cm³/mol. The van der Waals surface area contributed by atoms with E-state index in [-0.39, 0.29) is 5.91 Å². The van der Waals surface area contributed by atoms with Crippen molar-refractivity contribution in [1.82, 2.24) is 14.7 Å². The zero-order chi connectivity index (χ0) is 16.1. The Kier molecular flexibility index (Phi) is 6.00. The van der Waals surface area contributed by atoms with E-state index in [0.29, 0.717) is 11.8 Å². The van der Waals surface area contributed by atoms with E-state index in [2.05, 4.69) is 25.9 Å². The molecule has 5 nitrogen and oxygen atoms in total. The monoisotopic (exact) mass is 307 g/mol. The van der Waals surface area contributed by atoms with Crippen LogP contribution in [-0.4, -0.2) is 46.9 Å². The molecule has 0 aromatic carbocycles. The van der Waals surface area contributed by atoms with Gasteiger partial charge >= 0.3 is 0 Å². The Labute approximate surface area is 133 Å². The van der Waals surface area contributed by atoms with Crippen molar-refractivity contribution in [2.75, 3.05) is 26.3 Å². The fourth-order valence-electron chi connectivity index (χ4n) is 2.84. The second-order valence-corrected chi connectivity index (χ2v) is 6.41. The summed E-state index contributed by atoms with van der Waals surface area (Å²) in [5, 5.41) is 4.54. The largest absolute Gasteiger partial charge is 0.381 e. The van der Waals surface area contributed by atoms with Crippen molar-refractivity contribution in [2.45, 2.75) is 53.0 Å². The summed E-state index contributed by atoms with van der Waals surface area (Å²) in [5.41, 5.74) is 1.72. The molecule has 5 heteroatoms. The number of nitrogens with zero attached hydrogens (tertiary/aromatic N) is 3. The summed E-state index contributed by atoms with van der Waals surface area (Å²) in [4.78, 5) is 14.7. The minimum absolute atomic E-state index is 0.110. The van der Waals surface area contributed by atoms with E-state index in [0.717, 1.165) is 57.1 Å². The lowest BCUT2D eigenvalue weighted by molar-refractivity contribution is 0.0743. The number of carbonyl (C=O) groups is 1. The van der Waals surface area contributed by atoms with Gasteiger partial charge in [0.2, 0.25) is 0 Å². The Balaban J connectivity index is 2.00. The van der Waals surface area contributed by atoms with Crippen LogP contribution in [0.15, 0.2) is 6.07 Å². The highest BCUT2D eigenvalue weighted by Gasteiger charge is 2.29. The minimum Gasteiger partial charge on any atom is -0.381 e. The summed E-state index contributed by atoms with van der Waals surface area (Å²) >= 11 is 0. The van der Waals surface area contributed by atoms with Crippen LogP contribution in [0.3, 0.4) is 0 Å². The Morgan fingerprint density at radius 3 is 2.86 bits per heavy atom. The predicted octanol–water partition coefficient (Wildman–Crippen LogP) is 2.92. The SMILES string of the molecule is CCCOC[C@H]1CCN(C(=O)c2cc(C(C)C)nn2CC)C1. The third-order valence-electron chi connectivity index (χ3n) is 4.18. The summed E-state index contributed by atoms with van der Waals surface area (Å²) in [6.45, 7) is 12.3. The van der Waals surface area contributed by atoms with Crippen molar-refractivity contribution in [3.63, 3.8) is 0 Å². The van der Waals surface area contributed by atoms with E-state index < -0.39 is 0 Å². The lowest BCUT2D eigenvalue weighted by Gasteiger charge is -2.17. The van der Waals surface area contributed by atoms with Gasteiger partial charge in [-0.25, -0.2) is 0 Å². The highest BCUT2D eigenvalue weighted by atomic mass is 16.5. The highest BCUT2D eigenvalue weighted by Crippen LogP contribution is 2.21. The zero-order valence-corrected chi connectivity index (χ0v) is 14.3. The average molecular weight is 307 g/mol. The molecule has 1 aromatic rings. The lowest BCUT2D eigenvalue weighted by atomic mass is 10.1. The van der Waals surface area contributed by atoms with E-state index in [1.807, 2.05) is 22.6 Å². The number of ether oxygens (including phenoxy) is 1. The molecule has 1 aliphatic heterocycles. The van der Waals surface area contributed by atoms with Crippen LogP contribution in [0.1, 0.15) is 62.6 Å². The molecule has 0 N–H and O–H groups in total. The first-order chi connectivity index (χ1) is 10.6. The highest BCUT2D eigenvalue weighted by molar-refractivity contribution is 5.93. The van der Waals surface area contributed by atoms with E-state index in [1.165, 1.54) is 0 Å². The molecule has 2 heterocycles. The molecule has 1 saturated heterocycles. The first-order valence-corrected chi connectivity index (χ1v) is 8.51. The Hall–Kier alpha value is -1.36. The second kappa shape index (κ2) is 7.77. The van der Waals surface area contributed by atoms with Gasteiger partial charge in [0, 0.05) is 32.2 Å². The molecular weight excluding hydrogens is 278 g/mol. The van der Waals surface area contributed by atoms with Gasteiger partial charge in [-0.1, -0.05) is 20.8 Å². The Bertz CT molecular complexity index is 496. The molecule has 0 radical (unpaired) electrons. The molecule has 22 heavy (non-hydrogen) atoms. The van der Waals surface area contributed by atoms with Crippen molar-refractivity contribution >= 4 is 5.91 Å². The van der Waals surface area contributed by atoms with Crippen LogP contribution in [0.2, 0.25) is 0 Å². The summed E-state index contributed by atoms with van der Waals surface area (Å²) in [6.07, 6.45) is 2.08. The normalized spacial score (nSPS) is 18.4. The van der Waals surface area contributed by atoms with Crippen molar-refractivity contribution in [3.05, 3.63) is 17.5 Å². The third kappa shape index (κ3) is 3.88. The fourth-order valence-corrected chi connectivity index (χ4v) is 2.84. The number of rotatable bonds is 7. The van der Waals surface area contributed by atoms with Crippen LogP contribution in [0.5, 0.6) is 0 Å². The van der Waals surface area contributed by atoms with Crippen molar-refractivity contribution in [1.29, 1.82) is 0 Å². The van der Waals surface area contributed by atoms with Gasteiger partial charge in [-0.2, -0.15) is 5.10 Å². The van der Waals surface area contributed by atoms with Gasteiger partial charge in [0.1, 0.15) is 5.69 Å². The van der Waals surface area contributed by atoms with Crippen molar-refractivity contribution in [2.24, 2.45) is 5.92 Å². The summed E-state index contributed by atoms with van der Waals surface area (Å²) in [5.74, 6) is 0.922. The number of likely N-dealkylation sites (tertiary alicyclic amines) is 1. The van der Waals surface area contributed by atoms with E-state index in [1.54, 1.807) is 0 Å². The quantitative estimate of drug-likeness (QED) is 0.728. The summed E-state index contributed by atoms with van der Waals surface area (Å²) in [7, 11) is 0. The molecule has 0 unspecified atom stereocenters. The van der Waals surface area contributed by atoms with Gasteiger partial charge in [0.05, 0.1) is 12.3 Å². The molecule has 0 aliphatic carbocycles. The number of aromatic nitrogens is 2. The molecule has 0 bridgehead atoms. The van der Waals surface area contributed by atoms with Gasteiger partial charge < -0.3 is 9.64 Å². The van der Waals surface area contributed by atoms with Gasteiger partial charge in [0.25, 0.3) is 5.91 Å². The third-order valence-corrected chi connectivity index (χ3v) is 4.18. The van der Waals surface area contributed by atoms with Crippen LogP contribution in [0.4, 0.5) is 0 Å². The van der Waals surface area contributed by atoms with Gasteiger partial charge in [-0.05, 0) is 31.7 Å². The smallest absolute Gasteiger partial charge is 0.272 e. The maximum Gasteiger partial charge on any atom is 0.272 e. The van der Waals surface area contributed by atoms with E-state index >= 15 is 0 Å². The molecule has 1 fully saturated rings. The molecule has 1 aliphatic rings.